The van der Waals surface area contributed by atoms with Gasteiger partial charge in [0.2, 0.25) is 5.91 Å². The Balaban J connectivity index is 2.68. The fraction of sp³-hybridized carbons (Fsp3) is 0.700. The maximum absolute atomic E-state index is 12.4. The van der Waals surface area contributed by atoms with Crippen LogP contribution in [0.15, 0.2) is 0 Å². The molecule has 0 saturated heterocycles. The van der Waals surface area contributed by atoms with Gasteiger partial charge in [-0.1, -0.05) is 46.0 Å². The zero-order valence-electron chi connectivity index (χ0n) is 16.4. The second kappa shape index (κ2) is 11.3. The van der Waals surface area contributed by atoms with Crippen LogP contribution in [0.1, 0.15) is 93.4 Å². The molecule has 0 aromatic carbocycles. The van der Waals surface area contributed by atoms with Crippen LogP contribution in [-0.4, -0.2) is 18.0 Å². The maximum atomic E-state index is 12.4. The molecule has 142 valence electrons. The Bertz CT molecular complexity index is 564. The molecule has 0 spiro atoms. The lowest BCUT2D eigenvalue weighted by Gasteiger charge is -2.11. The number of amides is 1. The van der Waals surface area contributed by atoms with Crippen molar-refractivity contribution in [3.05, 3.63) is 16.0 Å². The van der Waals surface area contributed by atoms with Crippen LogP contribution in [0.25, 0.3) is 0 Å². The summed E-state index contributed by atoms with van der Waals surface area (Å²) in [6.45, 7) is 9.87. The van der Waals surface area contributed by atoms with Gasteiger partial charge in [0, 0.05) is 11.3 Å². The summed E-state index contributed by atoms with van der Waals surface area (Å²) in [5.41, 5.74) is 1.51. The van der Waals surface area contributed by atoms with Crippen molar-refractivity contribution < 1.29 is 14.3 Å². The number of hydrogen-bond acceptors (Lipinski definition) is 4. The van der Waals surface area contributed by atoms with Gasteiger partial charge in [-0.25, -0.2) is 4.79 Å². The Morgan fingerprint density at radius 1 is 1.08 bits per heavy atom. The van der Waals surface area contributed by atoms with Crippen molar-refractivity contribution in [1.29, 1.82) is 0 Å². The molecule has 0 saturated carbocycles. The van der Waals surface area contributed by atoms with Crippen molar-refractivity contribution in [2.45, 2.75) is 92.1 Å². The zero-order valence-corrected chi connectivity index (χ0v) is 17.2. The number of nitrogens with one attached hydrogen (secondary N) is 1. The molecular formula is C20H33NO3S. The normalized spacial score (nSPS) is 11.0. The van der Waals surface area contributed by atoms with E-state index in [4.69, 9.17) is 4.74 Å². The highest BCUT2D eigenvalue weighted by atomic mass is 32.1. The highest BCUT2D eigenvalue weighted by Crippen LogP contribution is 2.34. The van der Waals surface area contributed by atoms with Crippen LogP contribution in [-0.2, 0) is 16.0 Å². The minimum absolute atomic E-state index is 0.0157. The number of esters is 1. The molecule has 1 aromatic rings. The van der Waals surface area contributed by atoms with Crippen molar-refractivity contribution in [2.75, 3.05) is 5.32 Å². The minimum atomic E-state index is -0.342. The van der Waals surface area contributed by atoms with Gasteiger partial charge in [-0.15, -0.1) is 11.3 Å². The molecule has 1 N–H and O–H groups in total. The lowest BCUT2D eigenvalue weighted by Crippen LogP contribution is -2.17. The molecule has 1 heterocycles. The third kappa shape index (κ3) is 7.18. The fourth-order valence-electron chi connectivity index (χ4n) is 2.84. The SMILES string of the molecule is CCCCCCCCC(=O)Nc1sc(C)c(CC)c1C(=O)OC(C)C. The van der Waals surface area contributed by atoms with Crippen molar-refractivity contribution in [3.8, 4) is 0 Å². The first-order valence-corrected chi connectivity index (χ1v) is 10.3. The number of carbonyl (C=O) groups excluding carboxylic acids is 2. The number of carbonyl (C=O) groups is 2. The summed E-state index contributed by atoms with van der Waals surface area (Å²) in [6.07, 6.45) is 7.98. The van der Waals surface area contributed by atoms with Gasteiger partial charge < -0.3 is 10.1 Å². The number of aryl methyl sites for hydroxylation is 1. The van der Waals surface area contributed by atoms with E-state index < -0.39 is 0 Å². The van der Waals surface area contributed by atoms with Crippen molar-refractivity contribution in [2.24, 2.45) is 0 Å². The number of rotatable bonds is 11. The summed E-state index contributed by atoms with van der Waals surface area (Å²) in [5, 5.41) is 3.58. The van der Waals surface area contributed by atoms with Crippen LogP contribution in [0.5, 0.6) is 0 Å². The van der Waals surface area contributed by atoms with Crippen molar-refractivity contribution in [3.63, 3.8) is 0 Å². The van der Waals surface area contributed by atoms with Gasteiger partial charge in [-0.05, 0) is 39.2 Å². The second-order valence-corrected chi connectivity index (χ2v) is 7.94. The average Bonchev–Trinajstić information content (AvgIpc) is 2.85. The van der Waals surface area contributed by atoms with Crippen LogP contribution in [0, 0.1) is 6.92 Å². The Labute approximate surface area is 156 Å². The number of anilines is 1. The monoisotopic (exact) mass is 367 g/mol. The van der Waals surface area contributed by atoms with Gasteiger partial charge in [0.15, 0.2) is 0 Å². The smallest absolute Gasteiger partial charge is 0.341 e. The standard InChI is InChI=1S/C20H33NO3S/c1-6-8-9-10-11-12-13-17(22)21-19-18(20(23)24-14(3)4)16(7-2)15(5)25-19/h14H,6-13H2,1-5H3,(H,21,22). The lowest BCUT2D eigenvalue weighted by molar-refractivity contribution is -0.116. The van der Waals surface area contributed by atoms with E-state index in [1.807, 2.05) is 27.7 Å². The van der Waals surface area contributed by atoms with Crippen LogP contribution < -0.4 is 5.32 Å². The minimum Gasteiger partial charge on any atom is -0.459 e. The van der Waals surface area contributed by atoms with Gasteiger partial charge >= 0.3 is 5.97 Å². The maximum Gasteiger partial charge on any atom is 0.341 e. The van der Waals surface area contributed by atoms with Gasteiger partial charge in [-0.2, -0.15) is 0 Å². The van der Waals surface area contributed by atoms with E-state index in [-0.39, 0.29) is 18.0 Å². The van der Waals surface area contributed by atoms with Crippen molar-refractivity contribution >= 4 is 28.2 Å². The van der Waals surface area contributed by atoms with E-state index in [0.29, 0.717) is 17.0 Å². The first kappa shape index (κ1) is 21.7. The van der Waals surface area contributed by atoms with Crippen LogP contribution in [0.3, 0.4) is 0 Å². The van der Waals surface area contributed by atoms with E-state index in [0.717, 1.165) is 29.7 Å². The molecule has 25 heavy (non-hydrogen) atoms. The number of hydrogen-bond donors (Lipinski definition) is 1. The van der Waals surface area contributed by atoms with E-state index in [1.165, 1.54) is 37.0 Å². The molecule has 0 fully saturated rings. The van der Waals surface area contributed by atoms with E-state index in [2.05, 4.69) is 12.2 Å². The van der Waals surface area contributed by atoms with Crippen molar-refractivity contribution in [1.82, 2.24) is 0 Å². The molecule has 0 aliphatic rings. The quantitative estimate of drug-likeness (QED) is 0.393. The molecule has 1 amide bonds. The van der Waals surface area contributed by atoms with Gasteiger partial charge in [0.1, 0.15) is 5.00 Å². The highest BCUT2D eigenvalue weighted by molar-refractivity contribution is 7.16. The number of unbranched alkanes of at least 4 members (excludes halogenated alkanes) is 5. The fourth-order valence-corrected chi connectivity index (χ4v) is 3.99. The third-order valence-corrected chi connectivity index (χ3v) is 5.18. The number of thiophene rings is 1. The first-order valence-electron chi connectivity index (χ1n) is 9.53. The molecule has 1 aromatic heterocycles. The zero-order chi connectivity index (χ0) is 18.8. The molecule has 0 unspecified atom stereocenters. The predicted molar refractivity (Wildman–Crippen MR) is 106 cm³/mol. The summed E-state index contributed by atoms with van der Waals surface area (Å²) < 4.78 is 5.37. The molecule has 5 heteroatoms. The van der Waals surface area contributed by atoms with E-state index in [1.54, 1.807) is 0 Å². The Morgan fingerprint density at radius 2 is 1.72 bits per heavy atom. The summed E-state index contributed by atoms with van der Waals surface area (Å²) in [5.74, 6) is -0.357. The molecular weight excluding hydrogens is 334 g/mol. The molecule has 4 nitrogen and oxygen atoms in total. The summed E-state index contributed by atoms with van der Waals surface area (Å²) >= 11 is 1.47. The third-order valence-electron chi connectivity index (χ3n) is 4.12. The van der Waals surface area contributed by atoms with Crippen LogP contribution in [0.4, 0.5) is 5.00 Å². The summed E-state index contributed by atoms with van der Waals surface area (Å²) in [6, 6.07) is 0. The average molecular weight is 368 g/mol. The topological polar surface area (TPSA) is 55.4 Å². The summed E-state index contributed by atoms with van der Waals surface area (Å²) in [7, 11) is 0. The molecule has 1 rings (SSSR count). The lowest BCUT2D eigenvalue weighted by atomic mass is 10.1. The van der Waals surface area contributed by atoms with Gasteiger partial charge in [0.25, 0.3) is 0 Å². The second-order valence-electron chi connectivity index (χ2n) is 6.71. The van der Waals surface area contributed by atoms with Gasteiger partial charge in [0.05, 0.1) is 11.7 Å². The number of ether oxygens (including phenoxy) is 1. The first-order chi connectivity index (χ1) is 11.9. The molecule has 0 atom stereocenters. The van der Waals surface area contributed by atoms with E-state index >= 15 is 0 Å². The summed E-state index contributed by atoms with van der Waals surface area (Å²) in [4.78, 5) is 25.8. The largest absolute Gasteiger partial charge is 0.459 e. The Morgan fingerprint density at radius 3 is 2.32 bits per heavy atom. The molecule has 0 aliphatic heterocycles. The molecule has 0 aliphatic carbocycles. The molecule has 0 bridgehead atoms. The highest BCUT2D eigenvalue weighted by Gasteiger charge is 2.24. The van der Waals surface area contributed by atoms with Gasteiger partial charge in [-0.3, -0.25) is 4.79 Å². The molecule has 0 radical (unpaired) electrons. The van der Waals surface area contributed by atoms with Crippen LogP contribution in [0.2, 0.25) is 0 Å². The van der Waals surface area contributed by atoms with Crippen LogP contribution >= 0.6 is 11.3 Å². The van der Waals surface area contributed by atoms with E-state index in [9.17, 15) is 9.59 Å². The predicted octanol–water partition coefficient (Wildman–Crippen LogP) is 5.87. The Hall–Kier alpha value is -1.36. The Kier molecular flexibility index (Phi) is 9.79.